The molecular weight excluding hydrogens is 431 g/mol. The molecule has 4 rings (SSSR count). The fourth-order valence-corrected chi connectivity index (χ4v) is 3.01. The van der Waals surface area contributed by atoms with E-state index in [9.17, 15) is 27.6 Å². The van der Waals surface area contributed by atoms with Crippen LogP contribution in [-0.2, 0) is 20.9 Å². The van der Waals surface area contributed by atoms with Crippen molar-refractivity contribution in [2.75, 3.05) is 5.32 Å². The number of carbonyl (C=O) groups is 2. The molecule has 2 aromatic heterocycles. The topological polar surface area (TPSA) is 103 Å². The van der Waals surface area contributed by atoms with Gasteiger partial charge in [-0.15, -0.1) is 0 Å². The predicted octanol–water partition coefficient (Wildman–Crippen LogP) is 3.13. The van der Waals surface area contributed by atoms with Gasteiger partial charge in [0.15, 0.2) is 23.6 Å². The Bertz CT molecular complexity index is 1430. The highest BCUT2D eigenvalue weighted by Crippen LogP contribution is 2.24. The van der Waals surface area contributed by atoms with Crippen LogP contribution in [0.25, 0.3) is 22.1 Å². The maximum Gasteiger partial charge on any atom is 0.326 e. The number of nitrogens with one attached hydrogen (secondary N) is 1. The van der Waals surface area contributed by atoms with Gasteiger partial charge in [0.1, 0.15) is 17.6 Å². The average Bonchev–Trinajstić information content (AvgIpc) is 3.15. The molecule has 0 fully saturated rings. The van der Waals surface area contributed by atoms with Crippen molar-refractivity contribution in [1.29, 1.82) is 0 Å². The third kappa shape index (κ3) is 3.80. The number of ether oxygens (including phenoxy) is 1. The third-order valence-electron chi connectivity index (χ3n) is 4.62. The minimum atomic E-state index is -1.75. The zero-order valence-electron chi connectivity index (χ0n) is 16.4. The predicted molar refractivity (Wildman–Crippen MR) is 106 cm³/mol. The number of aromatic nitrogens is 2. The minimum Gasteiger partial charge on any atom is -0.451 e. The lowest BCUT2D eigenvalue weighted by Gasteiger charge is -2.14. The highest BCUT2D eigenvalue weighted by molar-refractivity contribution is 6.01. The Morgan fingerprint density at radius 1 is 1.16 bits per heavy atom. The number of amides is 1. The van der Waals surface area contributed by atoms with E-state index in [0.29, 0.717) is 22.6 Å². The van der Waals surface area contributed by atoms with E-state index < -0.39 is 53.2 Å². The van der Waals surface area contributed by atoms with E-state index >= 15 is 0 Å². The summed E-state index contributed by atoms with van der Waals surface area (Å²) in [6.07, 6.45) is -0.274. The number of rotatable bonds is 5. The van der Waals surface area contributed by atoms with Gasteiger partial charge in [-0.3, -0.25) is 19.0 Å². The van der Waals surface area contributed by atoms with Gasteiger partial charge in [0.05, 0.1) is 12.0 Å². The van der Waals surface area contributed by atoms with E-state index in [-0.39, 0.29) is 5.58 Å². The molecular formula is C21H14F3N3O5. The number of carbonyl (C=O) groups excluding carboxylic acids is 2. The lowest BCUT2D eigenvalue weighted by molar-refractivity contribution is -0.153. The number of hydrogen-bond donors (Lipinski definition) is 1. The molecule has 1 N–H and O–H groups in total. The minimum absolute atomic E-state index is 0.0406. The van der Waals surface area contributed by atoms with Crippen molar-refractivity contribution in [2.24, 2.45) is 0 Å². The van der Waals surface area contributed by atoms with Crippen molar-refractivity contribution < 1.29 is 31.9 Å². The molecule has 1 amide bonds. The lowest BCUT2D eigenvalue weighted by atomic mass is 10.2. The van der Waals surface area contributed by atoms with Crippen molar-refractivity contribution in [3.63, 3.8) is 0 Å². The van der Waals surface area contributed by atoms with Gasteiger partial charge < -0.3 is 14.5 Å². The van der Waals surface area contributed by atoms with Crippen LogP contribution in [0.5, 0.6) is 0 Å². The van der Waals surface area contributed by atoms with Crippen molar-refractivity contribution >= 4 is 39.6 Å². The Kier molecular flexibility index (Phi) is 5.39. The smallest absolute Gasteiger partial charge is 0.326 e. The Hall–Kier alpha value is -4.15. The van der Waals surface area contributed by atoms with Crippen molar-refractivity contribution in [3.05, 3.63) is 70.5 Å². The first-order valence-corrected chi connectivity index (χ1v) is 9.26. The van der Waals surface area contributed by atoms with Gasteiger partial charge in [0, 0.05) is 5.39 Å². The second-order valence-electron chi connectivity index (χ2n) is 6.80. The van der Waals surface area contributed by atoms with Gasteiger partial charge in [-0.1, -0.05) is 12.1 Å². The molecule has 1 unspecified atom stereocenters. The summed E-state index contributed by atoms with van der Waals surface area (Å²) in [7, 11) is 0. The number of esters is 1. The molecule has 32 heavy (non-hydrogen) atoms. The SMILES string of the molecule is CC(OC(=O)Cn1cnc2c(oc3ccccc32)c1=O)C(=O)Nc1ccc(F)c(F)c1F. The highest BCUT2D eigenvalue weighted by Gasteiger charge is 2.22. The fraction of sp³-hybridized carbons (Fsp3) is 0.143. The van der Waals surface area contributed by atoms with Crippen molar-refractivity contribution in [3.8, 4) is 0 Å². The molecule has 2 heterocycles. The summed E-state index contributed by atoms with van der Waals surface area (Å²) in [6.45, 7) is 0.616. The largest absolute Gasteiger partial charge is 0.451 e. The van der Waals surface area contributed by atoms with E-state index in [1.807, 2.05) is 5.32 Å². The third-order valence-corrected chi connectivity index (χ3v) is 4.62. The molecule has 0 saturated carbocycles. The Morgan fingerprint density at radius 3 is 2.69 bits per heavy atom. The zero-order chi connectivity index (χ0) is 23.0. The van der Waals surface area contributed by atoms with Crippen LogP contribution >= 0.6 is 0 Å². The maximum absolute atomic E-state index is 13.7. The molecule has 2 aromatic carbocycles. The average molecular weight is 445 g/mol. The number of anilines is 1. The fourth-order valence-electron chi connectivity index (χ4n) is 3.01. The first-order valence-electron chi connectivity index (χ1n) is 9.26. The number of hydrogen-bond acceptors (Lipinski definition) is 6. The summed E-state index contributed by atoms with van der Waals surface area (Å²) in [5, 5.41) is 2.65. The Labute approximate surface area is 177 Å². The van der Waals surface area contributed by atoms with E-state index in [0.717, 1.165) is 17.0 Å². The van der Waals surface area contributed by atoms with E-state index in [4.69, 9.17) is 9.15 Å². The molecule has 0 radical (unpaired) electrons. The van der Waals surface area contributed by atoms with Crippen molar-refractivity contribution in [1.82, 2.24) is 9.55 Å². The van der Waals surface area contributed by atoms with Gasteiger partial charge in [-0.2, -0.15) is 0 Å². The van der Waals surface area contributed by atoms with Gasteiger partial charge >= 0.3 is 5.97 Å². The van der Waals surface area contributed by atoms with Crippen LogP contribution < -0.4 is 10.9 Å². The molecule has 0 saturated heterocycles. The lowest BCUT2D eigenvalue weighted by Crippen LogP contribution is -2.33. The molecule has 8 nitrogen and oxygen atoms in total. The molecule has 0 spiro atoms. The highest BCUT2D eigenvalue weighted by atomic mass is 19.2. The van der Waals surface area contributed by atoms with Crippen LogP contribution in [0.15, 0.2) is 51.9 Å². The standard InChI is InChI=1S/C21H14F3N3O5/c1-10(20(29)26-13-7-6-12(22)16(23)17(13)24)31-15(28)8-27-9-25-18-11-4-2-3-5-14(11)32-19(18)21(27)30/h2-7,9-10H,8H2,1H3,(H,26,29). The molecule has 4 aromatic rings. The second-order valence-corrected chi connectivity index (χ2v) is 6.80. The number of fused-ring (bicyclic) bond motifs is 3. The van der Waals surface area contributed by atoms with Crippen LogP contribution in [0.2, 0.25) is 0 Å². The molecule has 11 heteroatoms. The van der Waals surface area contributed by atoms with Crippen LogP contribution in [0.3, 0.4) is 0 Å². The number of furan rings is 1. The number of halogens is 3. The quantitative estimate of drug-likeness (QED) is 0.374. The van der Waals surface area contributed by atoms with Crippen LogP contribution in [0, 0.1) is 17.5 Å². The Morgan fingerprint density at radius 2 is 1.91 bits per heavy atom. The van der Waals surface area contributed by atoms with Gasteiger partial charge in [-0.25, -0.2) is 18.2 Å². The number of benzene rings is 2. The second kappa shape index (κ2) is 8.17. The molecule has 0 aliphatic rings. The first-order chi connectivity index (χ1) is 15.3. The van der Waals surface area contributed by atoms with Crippen LogP contribution in [-0.4, -0.2) is 27.5 Å². The number of para-hydroxylation sites is 1. The molecule has 1 atom stereocenters. The number of nitrogens with zero attached hydrogens (tertiary/aromatic N) is 2. The van der Waals surface area contributed by atoms with Gasteiger partial charge in [-0.05, 0) is 31.2 Å². The van der Waals surface area contributed by atoms with E-state index in [1.54, 1.807) is 24.3 Å². The summed E-state index contributed by atoms with van der Waals surface area (Å²) in [4.78, 5) is 41.1. The summed E-state index contributed by atoms with van der Waals surface area (Å²) < 4.78 is 51.4. The van der Waals surface area contributed by atoms with Crippen molar-refractivity contribution in [2.45, 2.75) is 19.6 Å². The molecule has 0 bridgehead atoms. The summed E-state index contributed by atoms with van der Waals surface area (Å²) in [5.41, 5.74) is -0.475. The molecule has 0 aliphatic carbocycles. The zero-order valence-corrected chi connectivity index (χ0v) is 16.4. The summed E-state index contributed by atoms with van der Waals surface area (Å²) >= 11 is 0. The molecule has 164 valence electrons. The summed E-state index contributed by atoms with van der Waals surface area (Å²) in [5.74, 6) is -6.70. The summed E-state index contributed by atoms with van der Waals surface area (Å²) in [6, 6.07) is 8.37. The first kappa shape index (κ1) is 21.1. The Balaban J connectivity index is 1.46. The van der Waals surface area contributed by atoms with Gasteiger partial charge in [0.2, 0.25) is 5.58 Å². The van der Waals surface area contributed by atoms with Crippen LogP contribution in [0.4, 0.5) is 18.9 Å². The molecule has 0 aliphatic heterocycles. The van der Waals surface area contributed by atoms with E-state index in [1.165, 1.54) is 6.92 Å². The monoisotopic (exact) mass is 445 g/mol. The normalized spacial score (nSPS) is 12.1. The van der Waals surface area contributed by atoms with Gasteiger partial charge in [0.25, 0.3) is 11.5 Å². The van der Waals surface area contributed by atoms with E-state index in [2.05, 4.69) is 4.98 Å². The van der Waals surface area contributed by atoms with Crippen LogP contribution in [0.1, 0.15) is 6.92 Å². The maximum atomic E-state index is 13.7.